The zero-order valence-electron chi connectivity index (χ0n) is 11.2. The minimum absolute atomic E-state index is 0.356. The first-order valence-electron chi connectivity index (χ1n) is 6.03. The van der Waals surface area contributed by atoms with E-state index in [1.807, 2.05) is 25.7 Å². The molecule has 2 heterocycles. The molecule has 0 saturated heterocycles. The minimum atomic E-state index is 0.356. The molecule has 4 nitrogen and oxygen atoms in total. The molecule has 0 aliphatic heterocycles. The number of hydrogen-bond acceptors (Lipinski definition) is 2. The Labute approximate surface area is 113 Å². The number of rotatable bonds is 4. The van der Waals surface area contributed by atoms with Gasteiger partial charge in [0.15, 0.2) is 0 Å². The molecule has 0 aromatic carbocycles. The summed E-state index contributed by atoms with van der Waals surface area (Å²) in [4.78, 5) is 0. The second-order valence-electron chi connectivity index (χ2n) is 4.60. The van der Waals surface area contributed by atoms with Gasteiger partial charge in [-0.05, 0) is 32.5 Å². The van der Waals surface area contributed by atoms with Crippen molar-refractivity contribution in [3.63, 3.8) is 0 Å². The highest BCUT2D eigenvalue weighted by Gasteiger charge is 2.12. The highest BCUT2D eigenvalue weighted by atomic mass is 35.5. The van der Waals surface area contributed by atoms with Crippen LogP contribution in [0.3, 0.4) is 0 Å². The molecule has 2 rings (SSSR count). The van der Waals surface area contributed by atoms with E-state index in [-0.39, 0.29) is 0 Å². The molecule has 0 fully saturated rings. The molecular formula is C13H19ClN4. The summed E-state index contributed by atoms with van der Waals surface area (Å²) in [7, 11) is 3.89. The Morgan fingerprint density at radius 2 is 2.22 bits per heavy atom. The van der Waals surface area contributed by atoms with Crippen LogP contribution in [-0.4, -0.2) is 21.4 Å². The fourth-order valence-corrected chi connectivity index (χ4v) is 2.23. The van der Waals surface area contributed by atoms with Crippen molar-refractivity contribution in [1.29, 1.82) is 0 Å². The summed E-state index contributed by atoms with van der Waals surface area (Å²) < 4.78 is 3.98. The monoisotopic (exact) mass is 266 g/mol. The van der Waals surface area contributed by atoms with Gasteiger partial charge in [0.05, 0.1) is 23.0 Å². The summed E-state index contributed by atoms with van der Waals surface area (Å²) in [5.74, 6) is 0. The molecule has 1 atom stereocenters. The molecule has 18 heavy (non-hydrogen) atoms. The van der Waals surface area contributed by atoms with Crippen LogP contribution in [0.5, 0.6) is 0 Å². The van der Waals surface area contributed by atoms with Gasteiger partial charge in [0, 0.05) is 25.5 Å². The van der Waals surface area contributed by atoms with Crippen molar-refractivity contribution in [3.8, 4) is 0 Å². The number of hydrogen-bond donors (Lipinski definition) is 1. The summed E-state index contributed by atoms with van der Waals surface area (Å²) in [6.45, 7) is 4.81. The molecule has 1 unspecified atom stereocenters. The Kier molecular flexibility index (Phi) is 3.78. The third-order valence-electron chi connectivity index (χ3n) is 3.30. The van der Waals surface area contributed by atoms with Gasteiger partial charge in [-0.15, -0.1) is 0 Å². The predicted molar refractivity (Wildman–Crippen MR) is 74.0 cm³/mol. The quantitative estimate of drug-likeness (QED) is 0.923. The zero-order chi connectivity index (χ0) is 13.3. The first-order chi connectivity index (χ1) is 8.52. The standard InChI is InChI=1S/C13H19ClN4/c1-9(15-3)11-5-6-18(7-11)8-12-13(14)10(2)16-17(12)4/h5-7,9,15H,8H2,1-4H3. The molecule has 0 aliphatic rings. The lowest BCUT2D eigenvalue weighted by molar-refractivity contribution is 0.641. The van der Waals surface area contributed by atoms with E-state index in [0.29, 0.717) is 6.04 Å². The first-order valence-corrected chi connectivity index (χ1v) is 6.41. The van der Waals surface area contributed by atoms with E-state index in [4.69, 9.17) is 11.6 Å². The summed E-state index contributed by atoms with van der Waals surface area (Å²) >= 11 is 6.25. The van der Waals surface area contributed by atoms with Gasteiger partial charge in [0.2, 0.25) is 0 Å². The van der Waals surface area contributed by atoms with Gasteiger partial charge in [0.25, 0.3) is 0 Å². The maximum absolute atomic E-state index is 6.25. The topological polar surface area (TPSA) is 34.8 Å². The Morgan fingerprint density at radius 1 is 1.50 bits per heavy atom. The smallest absolute Gasteiger partial charge is 0.0865 e. The lowest BCUT2D eigenvalue weighted by Crippen LogP contribution is -2.11. The maximum Gasteiger partial charge on any atom is 0.0865 e. The molecule has 0 spiro atoms. The van der Waals surface area contributed by atoms with Gasteiger partial charge < -0.3 is 9.88 Å². The number of halogens is 1. The Hall–Kier alpha value is -1.26. The largest absolute Gasteiger partial charge is 0.348 e. The third kappa shape index (κ3) is 2.44. The van der Waals surface area contributed by atoms with Crippen molar-refractivity contribution in [2.75, 3.05) is 7.05 Å². The molecule has 0 bridgehead atoms. The van der Waals surface area contributed by atoms with Gasteiger partial charge in [0.1, 0.15) is 0 Å². The highest BCUT2D eigenvalue weighted by molar-refractivity contribution is 6.31. The molecule has 0 aliphatic carbocycles. The third-order valence-corrected chi connectivity index (χ3v) is 3.79. The second-order valence-corrected chi connectivity index (χ2v) is 4.98. The van der Waals surface area contributed by atoms with Crippen LogP contribution in [0.1, 0.15) is 29.9 Å². The summed E-state index contributed by atoms with van der Waals surface area (Å²) in [6.07, 6.45) is 4.21. The molecule has 1 N–H and O–H groups in total. The Bertz CT molecular complexity index is 541. The van der Waals surface area contributed by atoms with E-state index in [1.54, 1.807) is 0 Å². The summed E-state index contributed by atoms with van der Waals surface area (Å²) in [6, 6.07) is 2.48. The average Bonchev–Trinajstić information content (AvgIpc) is 2.90. The Morgan fingerprint density at radius 3 is 2.78 bits per heavy atom. The van der Waals surface area contributed by atoms with Crippen LogP contribution in [0.25, 0.3) is 0 Å². The normalized spacial score (nSPS) is 12.9. The van der Waals surface area contributed by atoms with Crippen molar-refractivity contribution in [2.45, 2.75) is 26.4 Å². The fraction of sp³-hybridized carbons (Fsp3) is 0.462. The van der Waals surface area contributed by atoms with Crippen LogP contribution >= 0.6 is 11.6 Å². The minimum Gasteiger partial charge on any atom is -0.348 e. The molecule has 2 aromatic rings. The fourth-order valence-electron chi connectivity index (χ4n) is 2.01. The number of aromatic nitrogens is 3. The molecule has 98 valence electrons. The highest BCUT2D eigenvalue weighted by Crippen LogP contribution is 2.21. The molecule has 0 amide bonds. The van der Waals surface area contributed by atoms with Gasteiger partial charge in [-0.2, -0.15) is 5.10 Å². The first kappa shape index (κ1) is 13.2. The van der Waals surface area contributed by atoms with Crippen molar-refractivity contribution in [2.24, 2.45) is 7.05 Å². The van der Waals surface area contributed by atoms with E-state index in [1.165, 1.54) is 5.56 Å². The average molecular weight is 267 g/mol. The molecule has 5 heteroatoms. The number of nitrogens with zero attached hydrogens (tertiary/aromatic N) is 3. The Balaban J connectivity index is 2.21. The van der Waals surface area contributed by atoms with Gasteiger partial charge in [-0.3, -0.25) is 4.68 Å². The maximum atomic E-state index is 6.25. The van der Waals surface area contributed by atoms with Gasteiger partial charge >= 0.3 is 0 Å². The van der Waals surface area contributed by atoms with Gasteiger partial charge in [-0.25, -0.2) is 0 Å². The van der Waals surface area contributed by atoms with E-state index in [9.17, 15) is 0 Å². The van der Waals surface area contributed by atoms with Crippen LogP contribution < -0.4 is 5.32 Å². The lowest BCUT2D eigenvalue weighted by Gasteiger charge is -2.07. The van der Waals surface area contributed by atoms with E-state index < -0.39 is 0 Å². The molecule has 2 aromatic heterocycles. The summed E-state index contributed by atoms with van der Waals surface area (Å²) in [5, 5.41) is 8.31. The van der Waals surface area contributed by atoms with Crippen LogP contribution in [0.4, 0.5) is 0 Å². The van der Waals surface area contributed by atoms with Crippen LogP contribution in [0.15, 0.2) is 18.5 Å². The second kappa shape index (κ2) is 5.16. The predicted octanol–water partition coefficient (Wildman–Crippen LogP) is 2.51. The van der Waals surface area contributed by atoms with Crippen molar-refractivity contribution in [3.05, 3.63) is 40.4 Å². The number of aryl methyl sites for hydroxylation is 2. The van der Waals surface area contributed by atoms with Crippen molar-refractivity contribution in [1.82, 2.24) is 19.7 Å². The SMILES string of the molecule is CNC(C)c1ccn(Cc2c(Cl)c(C)nn2C)c1. The molecular weight excluding hydrogens is 248 g/mol. The lowest BCUT2D eigenvalue weighted by atomic mass is 10.2. The van der Waals surface area contributed by atoms with Crippen molar-refractivity contribution < 1.29 is 0 Å². The molecule has 0 radical (unpaired) electrons. The van der Waals surface area contributed by atoms with Crippen LogP contribution in [0.2, 0.25) is 5.02 Å². The summed E-state index contributed by atoms with van der Waals surface area (Å²) in [5.41, 5.74) is 3.19. The van der Waals surface area contributed by atoms with Crippen molar-refractivity contribution >= 4 is 11.6 Å². The van der Waals surface area contributed by atoms with E-state index >= 15 is 0 Å². The van der Waals surface area contributed by atoms with Gasteiger partial charge in [-0.1, -0.05) is 11.6 Å². The van der Waals surface area contributed by atoms with Crippen LogP contribution in [0, 0.1) is 6.92 Å². The molecule has 0 saturated carbocycles. The van der Waals surface area contributed by atoms with Crippen LogP contribution in [-0.2, 0) is 13.6 Å². The van der Waals surface area contributed by atoms with E-state index in [0.717, 1.165) is 23.0 Å². The number of nitrogens with one attached hydrogen (secondary N) is 1. The van der Waals surface area contributed by atoms with E-state index in [2.05, 4.69) is 40.4 Å². The zero-order valence-corrected chi connectivity index (χ0v) is 12.0.